The Kier molecular flexibility index (Phi) is 3.01. The third-order valence-electron chi connectivity index (χ3n) is 2.45. The van der Waals surface area contributed by atoms with Gasteiger partial charge in [-0.25, -0.2) is 0 Å². The average molecular weight is 212 g/mol. The molecule has 0 radical (unpaired) electrons. The Morgan fingerprint density at radius 3 is 2.38 bits per heavy atom. The summed E-state index contributed by atoms with van der Waals surface area (Å²) in [4.78, 5) is 10.3. The molecular weight excluding hydrogens is 200 g/mol. The molecule has 2 nitrogen and oxygen atoms in total. The Morgan fingerprint density at radius 1 is 1.00 bits per heavy atom. The number of rotatable bonds is 3. The minimum atomic E-state index is 0.259. The second kappa shape index (κ2) is 4.62. The summed E-state index contributed by atoms with van der Waals surface area (Å²) < 4.78 is 0. The van der Waals surface area contributed by atoms with Gasteiger partial charge in [-0.3, -0.25) is 0 Å². The highest BCUT2D eigenvalue weighted by Gasteiger charge is 1.98. The highest BCUT2D eigenvalue weighted by molar-refractivity contribution is 5.66. The first-order valence-corrected chi connectivity index (χ1v) is 5.11. The van der Waals surface area contributed by atoms with Crippen molar-refractivity contribution in [2.45, 2.75) is 6.42 Å². The minimum Gasteiger partial charge on any atom is -0.508 e. The molecule has 0 amide bonds. The van der Waals surface area contributed by atoms with E-state index in [1.54, 1.807) is 12.1 Å². The molecule has 2 rings (SSSR count). The number of phenolic OH excluding ortho intramolecular Hbond substituents is 1. The minimum absolute atomic E-state index is 0.259. The van der Waals surface area contributed by atoms with Gasteiger partial charge in [0, 0.05) is 6.42 Å². The molecule has 0 spiro atoms. The van der Waals surface area contributed by atoms with E-state index >= 15 is 0 Å². The monoisotopic (exact) mass is 212 g/mol. The first-order chi connectivity index (χ1) is 7.79. The van der Waals surface area contributed by atoms with Crippen molar-refractivity contribution in [1.82, 2.24) is 0 Å². The van der Waals surface area contributed by atoms with Crippen LogP contribution in [0, 0.1) is 0 Å². The molecule has 0 aliphatic rings. The van der Waals surface area contributed by atoms with Crippen LogP contribution < -0.4 is 0 Å². The second-order valence-corrected chi connectivity index (χ2v) is 3.62. The molecule has 0 fully saturated rings. The second-order valence-electron chi connectivity index (χ2n) is 3.62. The number of hydrogen-bond acceptors (Lipinski definition) is 2. The molecule has 0 heterocycles. The fraction of sp³-hybridized carbons (Fsp3) is 0.0714. The molecule has 16 heavy (non-hydrogen) atoms. The number of aromatic hydroxyl groups is 1. The van der Waals surface area contributed by atoms with E-state index in [1.807, 2.05) is 36.4 Å². The number of phenols is 1. The molecule has 0 aliphatic heterocycles. The van der Waals surface area contributed by atoms with Crippen molar-refractivity contribution in [1.29, 1.82) is 0 Å². The zero-order chi connectivity index (χ0) is 11.4. The quantitative estimate of drug-likeness (QED) is 0.794. The SMILES string of the molecule is O=CCc1ccc(-c2cccc(O)c2)cc1. The van der Waals surface area contributed by atoms with E-state index in [2.05, 4.69) is 0 Å². The standard InChI is InChI=1S/C14H12O2/c15-9-8-11-4-6-12(7-5-11)13-2-1-3-14(16)10-13/h1-7,9-10,16H,8H2. The van der Waals surface area contributed by atoms with E-state index in [0.717, 1.165) is 23.0 Å². The van der Waals surface area contributed by atoms with Gasteiger partial charge in [0.1, 0.15) is 12.0 Å². The number of aldehydes is 1. The van der Waals surface area contributed by atoms with E-state index in [0.29, 0.717) is 6.42 Å². The predicted molar refractivity (Wildman–Crippen MR) is 63.3 cm³/mol. The Hall–Kier alpha value is -2.09. The zero-order valence-electron chi connectivity index (χ0n) is 8.76. The van der Waals surface area contributed by atoms with Crippen molar-refractivity contribution in [3.63, 3.8) is 0 Å². The largest absolute Gasteiger partial charge is 0.508 e. The summed E-state index contributed by atoms with van der Waals surface area (Å²) >= 11 is 0. The van der Waals surface area contributed by atoms with Gasteiger partial charge in [-0.1, -0.05) is 36.4 Å². The maximum atomic E-state index is 10.3. The summed E-state index contributed by atoms with van der Waals surface area (Å²) in [6, 6.07) is 14.9. The van der Waals surface area contributed by atoms with Crippen LogP contribution >= 0.6 is 0 Å². The van der Waals surface area contributed by atoms with Gasteiger partial charge in [0.2, 0.25) is 0 Å². The van der Waals surface area contributed by atoms with Gasteiger partial charge >= 0.3 is 0 Å². The van der Waals surface area contributed by atoms with Crippen LogP contribution in [0.1, 0.15) is 5.56 Å². The number of carbonyl (C=O) groups is 1. The molecule has 0 atom stereocenters. The van der Waals surface area contributed by atoms with Gasteiger partial charge in [-0.15, -0.1) is 0 Å². The van der Waals surface area contributed by atoms with Crippen LogP contribution in [0.25, 0.3) is 11.1 Å². The lowest BCUT2D eigenvalue weighted by atomic mass is 10.0. The van der Waals surface area contributed by atoms with Crippen molar-refractivity contribution >= 4 is 6.29 Å². The number of carbonyl (C=O) groups excluding carboxylic acids is 1. The molecular formula is C14H12O2. The molecule has 2 heteroatoms. The van der Waals surface area contributed by atoms with Crippen LogP contribution in [0.15, 0.2) is 48.5 Å². The zero-order valence-corrected chi connectivity index (χ0v) is 8.76. The fourth-order valence-electron chi connectivity index (χ4n) is 1.61. The van der Waals surface area contributed by atoms with Crippen LogP contribution in [0.5, 0.6) is 5.75 Å². The number of benzene rings is 2. The van der Waals surface area contributed by atoms with Crippen LogP contribution in [0.4, 0.5) is 0 Å². The number of hydrogen-bond donors (Lipinski definition) is 1. The summed E-state index contributed by atoms with van der Waals surface area (Å²) in [6.07, 6.45) is 1.34. The Morgan fingerprint density at radius 2 is 1.75 bits per heavy atom. The molecule has 0 saturated carbocycles. The predicted octanol–water partition coefficient (Wildman–Crippen LogP) is 2.80. The highest BCUT2D eigenvalue weighted by atomic mass is 16.3. The molecule has 0 aliphatic carbocycles. The first-order valence-electron chi connectivity index (χ1n) is 5.11. The van der Waals surface area contributed by atoms with E-state index in [-0.39, 0.29) is 5.75 Å². The van der Waals surface area contributed by atoms with E-state index in [9.17, 15) is 9.90 Å². The molecule has 0 aromatic heterocycles. The van der Waals surface area contributed by atoms with Gasteiger partial charge in [0.05, 0.1) is 0 Å². The molecule has 80 valence electrons. The fourth-order valence-corrected chi connectivity index (χ4v) is 1.61. The van der Waals surface area contributed by atoms with Gasteiger partial charge in [-0.2, -0.15) is 0 Å². The van der Waals surface area contributed by atoms with Crippen LogP contribution in [0.2, 0.25) is 0 Å². The van der Waals surface area contributed by atoms with Crippen molar-refractivity contribution in [2.24, 2.45) is 0 Å². The smallest absolute Gasteiger partial charge is 0.124 e. The summed E-state index contributed by atoms with van der Waals surface area (Å²) in [6.45, 7) is 0. The molecule has 0 unspecified atom stereocenters. The summed E-state index contributed by atoms with van der Waals surface area (Å²) in [5.74, 6) is 0.259. The summed E-state index contributed by atoms with van der Waals surface area (Å²) in [5, 5.41) is 9.37. The van der Waals surface area contributed by atoms with Crippen molar-refractivity contribution < 1.29 is 9.90 Å². The lowest BCUT2D eigenvalue weighted by molar-refractivity contribution is -0.107. The van der Waals surface area contributed by atoms with E-state index in [4.69, 9.17) is 0 Å². The Labute approximate surface area is 94.2 Å². The third kappa shape index (κ3) is 2.28. The maximum absolute atomic E-state index is 10.3. The van der Waals surface area contributed by atoms with Crippen molar-refractivity contribution in [3.05, 3.63) is 54.1 Å². The topological polar surface area (TPSA) is 37.3 Å². The Bertz CT molecular complexity index is 486. The van der Waals surface area contributed by atoms with Gasteiger partial charge in [0.15, 0.2) is 0 Å². The third-order valence-corrected chi connectivity index (χ3v) is 2.45. The first kappa shape index (κ1) is 10.4. The van der Waals surface area contributed by atoms with Gasteiger partial charge in [-0.05, 0) is 28.8 Å². The van der Waals surface area contributed by atoms with E-state index in [1.165, 1.54) is 0 Å². The maximum Gasteiger partial charge on any atom is 0.124 e. The van der Waals surface area contributed by atoms with Crippen molar-refractivity contribution in [3.8, 4) is 16.9 Å². The average Bonchev–Trinajstić information content (AvgIpc) is 2.30. The lowest BCUT2D eigenvalue weighted by Crippen LogP contribution is -1.85. The van der Waals surface area contributed by atoms with Crippen LogP contribution in [0.3, 0.4) is 0 Å². The molecule has 2 aromatic carbocycles. The lowest BCUT2D eigenvalue weighted by Gasteiger charge is -2.03. The molecule has 0 bridgehead atoms. The van der Waals surface area contributed by atoms with Gasteiger partial charge in [0.25, 0.3) is 0 Å². The van der Waals surface area contributed by atoms with Crippen molar-refractivity contribution in [2.75, 3.05) is 0 Å². The molecule has 1 N–H and O–H groups in total. The van der Waals surface area contributed by atoms with Crippen LogP contribution in [-0.2, 0) is 11.2 Å². The van der Waals surface area contributed by atoms with Crippen LogP contribution in [-0.4, -0.2) is 11.4 Å². The highest BCUT2D eigenvalue weighted by Crippen LogP contribution is 2.23. The van der Waals surface area contributed by atoms with E-state index < -0.39 is 0 Å². The van der Waals surface area contributed by atoms with Gasteiger partial charge < -0.3 is 9.90 Å². The molecule has 2 aromatic rings. The Balaban J connectivity index is 2.31. The summed E-state index contributed by atoms with van der Waals surface area (Å²) in [7, 11) is 0. The normalized spacial score (nSPS) is 10.0. The molecule has 0 saturated heterocycles. The summed E-state index contributed by atoms with van der Waals surface area (Å²) in [5.41, 5.74) is 3.00.